The van der Waals surface area contributed by atoms with Gasteiger partial charge in [-0.3, -0.25) is 0 Å². The van der Waals surface area contributed by atoms with E-state index < -0.39 is 0 Å². The Kier molecular flexibility index (Phi) is 6.32. The Balaban J connectivity index is 2.03. The van der Waals surface area contributed by atoms with Crippen LogP contribution in [-0.2, 0) is 4.74 Å². The van der Waals surface area contributed by atoms with Gasteiger partial charge in [-0.1, -0.05) is 26.2 Å². The zero-order valence-corrected chi connectivity index (χ0v) is 10.8. The summed E-state index contributed by atoms with van der Waals surface area (Å²) in [5.74, 6) is 0. The highest BCUT2D eigenvalue weighted by atomic mass is 16.5. The van der Waals surface area contributed by atoms with Crippen molar-refractivity contribution in [2.24, 2.45) is 0 Å². The van der Waals surface area contributed by atoms with Crippen LogP contribution in [-0.4, -0.2) is 36.5 Å². The molecule has 0 aromatic rings. The molecule has 0 aromatic carbocycles. The van der Waals surface area contributed by atoms with E-state index in [4.69, 9.17) is 4.74 Å². The minimum atomic E-state index is -0.244. The summed E-state index contributed by atoms with van der Waals surface area (Å²) in [5, 5.41) is 12.8. The lowest BCUT2D eigenvalue weighted by molar-refractivity contribution is 0.0417. The minimum absolute atomic E-state index is 0.151. The van der Waals surface area contributed by atoms with Crippen molar-refractivity contribution in [3.05, 3.63) is 0 Å². The first kappa shape index (κ1) is 13.9. The normalized spacial score (nSPS) is 19.7. The summed E-state index contributed by atoms with van der Waals surface area (Å²) in [4.78, 5) is 0. The van der Waals surface area contributed by atoms with Gasteiger partial charge in [0.05, 0.1) is 18.8 Å². The molecule has 1 aliphatic carbocycles. The largest absolute Gasteiger partial charge is 0.394 e. The lowest BCUT2D eigenvalue weighted by Crippen LogP contribution is -2.50. The second-order valence-electron chi connectivity index (χ2n) is 5.25. The van der Waals surface area contributed by atoms with Gasteiger partial charge in [0.1, 0.15) is 0 Å². The zero-order valence-electron chi connectivity index (χ0n) is 10.8. The SMILES string of the molecule is CCCCCCOCC(C)(CO)NC1CC1. The van der Waals surface area contributed by atoms with E-state index in [-0.39, 0.29) is 12.1 Å². The summed E-state index contributed by atoms with van der Waals surface area (Å²) in [5.41, 5.74) is -0.244. The molecule has 96 valence electrons. The van der Waals surface area contributed by atoms with Gasteiger partial charge >= 0.3 is 0 Å². The second-order valence-corrected chi connectivity index (χ2v) is 5.25. The molecule has 1 aliphatic rings. The molecule has 1 unspecified atom stereocenters. The first-order chi connectivity index (χ1) is 7.70. The predicted octanol–water partition coefficient (Wildman–Crippen LogP) is 2.09. The van der Waals surface area contributed by atoms with Crippen molar-refractivity contribution in [1.82, 2.24) is 5.32 Å². The van der Waals surface area contributed by atoms with Crippen molar-refractivity contribution in [3.63, 3.8) is 0 Å². The molecule has 3 nitrogen and oxygen atoms in total. The van der Waals surface area contributed by atoms with Crippen LogP contribution in [0.1, 0.15) is 52.4 Å². The molecule has 0 heterocycles. The summed E-state index contributed by atoms with van der Waals surface area (Å²) < 4.78 is 5.64. The molecule has 16 heavy (non-hydrogen) atoms. The number of ether oxygens (including phenoxy) is 1. The summed E-state index contributed by atoms with van der Waals surface area (Å²) in [7, 11) is 0. The Hall–Kier alpha value is -0.120. The number of hydrogen-bond donors (Lipinski definition) is 2. The van der Waals surface area contributed by atoms with Gasteiger partial charge in [0, 0.05) is 12.6 Å². The van der Waals surface area contributed by atoms with E-state index >= 15 is 0 Å². The predicted molar refractivity (Wildman–Crippen MR) is 66.6 cm³/mol. The zero-order chi connectivity index (χ0) is 11.9. The molecule has 1 fully saturated rings. The van der Waals surface area contributed by atoms with Crippen molar-refractivity contribution in [3.8, 4) is 0 Å². The maximum absolute atomic E-state index is 9.36. The lowest BCUT2D eigenvalue weighted by atomic mass is 10.1. The van der Waals surface area contributed by atoms with Gasteiger partial charge in [-0.15, -0.1) is 0 Å². The standard InChI is InChI=1S/C13H27NO2/c1-3-4-5-6-9-16-11-13(2,10-15)14-12-7-8-12/h12,14-15H,3-11H2,1-2H3. The molecule has 1 rings (SSSR count). The molecule has 1 atom stereocenters. The van der Waals surface area contributed by atoms with E-state index in [9.17, 15) is 5.11 Å². The first-order valence-corrected chi connectivity index (χ1v) is 6.66. The maximum Gasteiger partial charge on any atom is 0.0668 e. The fraction of sp³-hybridized carbons (Fsp3) is 1.00. The van der Waals surface area contributed by atoms with Gasteiger partial charge in [0.15, 0.2) is 0 Å². The minimum Gasteiger partial charge on any atom is -0.394 e. The Morgan fingerprint density at radius 1 is 1.31 bits per heavy atom. The summed E-state index contributed by atoms with van der Waals surface area (Å²) >= 11 is 0. The Labute approximate surface area is 99.6 Å². The average Bonchev–Trinajstić information content (AvgIpc) is 3.07. The van der Waals surface area contributed by atoms with Gasteiger partial charge < -0.3 is 15.2 Å². The summed E-state index contributed by atoms with van der Waals surface area (Å²) in [6.07, 6.45) is 7.43. The molecular weight excluding hydrogens is 202 g/mol. The van der Waals surface area contributed by atoms with Crippen LogP contribution < -0.4 is 5.32 Å². The van der Waals surface area contributed by atoms with Crippen LogP contribution >= 0.6 is 0 Å². The molecule has 0 amide bonds. The van der Waals surface area contributed by atoms with E-state index in [0.29, 0.717) is 12.6 Å². The topological polar surface area (TPSA) is 41.5 Å². The number of unbranched alkanes of at least 4 members (excludes halogenated alkanes) is 3. The average molecular weight is 229 g/mol. The Morgan fingerprint density at radius 2 is 2.06 bits per heavy atom. The fourth-order valence-electron chi connectivity index (χ4n) is 1.78. The lowest BCUT2D eigenvalue weighted by Gasteiger charge is -2.28. The summed E-state index contributed by atoms with van der Waals surface area (Å²) in [6, 6.07) is 0.612. The molecular formula is C13H27NO2. The quantitative estimate of drug-likeness (QED) is 0.564. The van der Waals surface area contributed by atoms with Gasteiger partial charge in [0.2, 0.25) is 0 Å². The molecule has 1 saturated carbocycles. The van der Waals surface area contributed by atoms with E-state index in [1.807, 2.05) is 6.92 Å². The van der Waals surface area contributed by atoms with Crippen molar-refractivity contribution >= 4 is 0 Å². The number of hydrogen-bond acceptors (Lipinski definition) is 3. The molecule has 0 aromatic heterocycles. The number of nitrogens with one attached hydrogen (secondary N) is 1. The van der Waals surface area contributed by atoms with Gasteiger partial charge in [-0.05, 0) is 26.2 Å². The van der Waals surface area contributed by atoms with Gasteiger partial charge in [-0.2, -0.15) is 0 Å². The highest BCUT2D eigenvalue weighted by Crippen LogP contribution is 2.22. The number of aliphatic hydroxyl groups excluding tert-OH is 1. The molecule has 0 bridgehead atoms. The van der Waals surface area contributed by atoms with Crippen molar-refractivity contribution in [1.29, 1.82) is 0 Å². The Morgan fingerprint density at radius 3 is 2.62 bits per heavy atom. The molecule has 3 heteroatoms. The highest BCUT2D eigenvalue weighted by molar-refractivity contribution is 4.92. The smallest absolute Gasteiger partial charge is 0.0668 e. The first-order valence-electron chi connectivity index (χ1n) is 6.66. The third kappa shape index (κ3) is 5.83. The third-order valence-electron chi connectivity index (χ3n) is 3.04. The van der Waals surface area contributed by atoms with Gasteiger partial charge in [0.25, 0.3) is 0 Å². The van der Waals surface area contributed by atoms with Crippen LogP contribution in [0.4, 0.5) is 0 Å². The van der Waals surface area contributed by atoms with E-state index in [1.165, 1.54) is 32.1 Å². The Bertz CT molecular complexity index is 183. The molecule has 0 spiro atoms. The van der Waals surface area contributed by atoms with Gasteiger partial charge in [-0.25, -0.2) is 0 Å². The molecule has 0 radical (unpaired) electrons. The fourth-order valence-corrected chi connectivity index (χ4v) is 1.78. The van der Waals surface area contributed by atoms with Crippen molar-refractivity contribution in [2.45, 2.75) is 64.0 Å². The second kappa shape index (κ2) is 7.25. The van der Waals surface area contributed by atoms with Crippen LogP contribution in [0.2, 0.25) is 0 Å². The van der Waals surface area contributed by atoms with E-state index in [0.717, 1.165) is 13.0 Å². The number of aliphatic hydroxyl groups is 1. The van der Waals surface area contributed by atoms with Crippen LogP contribution in [0.25, 0.3) is 0 Å². The van der Waals surface area contributed by atoms with Crippen LogP contribution in [0.15, 0.2) is 0 Å². The van der Waals surface area contributed by atoms with E-state index in [2.05, 4.69) is 12.2 Å². The van der Waals surface area contributed by atoms with Crippen LogP contribution in [0.5, 0.6) is 0 Å². The van der Waals surface area contributed by atoms with Crippen molar-refractivity contribution < 1.29 is 9.84 Å². The summed E-state index contributed by atoms with van der Waals surface area (Å²) in [6.45, 7) is 5.84. The maximum atomic E-state index is 9.36. The number of rotatable bonds is 10. The molecule has 2 N–H and O–H groups in total. The van der Waals surface area contributed by atoms with Crippen molar-refractivity contribution in [2.75, 3.05) is 19.8 Å². The van der Waals surface area contributed by atoms with Crippen LogP contribution in [0.3, 0.4) is 0 Å². The van der Waals surface area contributed by atoms with Crippen LogP contribution in [0, 0.1) is 0 Å². The highest BCUT2D eigenvalue weighted by Gasteiger charge is 2.32. The van der Waals surface area contributed by atoms with E-state index in [1.54, 1.807) is 0 Å². The third-order valence-corrected chi connectivity index (χ3v) is 3.04. The molecule has 0 aliphatic heterocycles. The monoisotopic (exact) mass is 229 g/mol. The molecule has 0 saturated heterocycles.